The van der Waals surface area contributed by atoms with Gasteiger partial charge >= 0.3 is 0 Å². The molecule has 4 rings (SSSR count). The number of hydrogen-bond acceptors (Lipinski definition) is 9. The van der Waals surface area contributed by atoms with Crippen molar-refractivity contribution in [3.05, 3.63) is 23.0 Å². The Kier molecular flexibility index (Phi) is 7.92. The Morgan fingerprint density at radius 2 is 1.87 bits per heavy atom. The van der Waals surface area contributed by atoms with Crippen molar-refractivity contribution in [3.8, 4) is 16.8 Å². The first kappa shape index (κ1) is 29.1. The molecule has 16 heteroatoms. The molecule has 0 spiro atoms. The number of halogens is 4. The highest BCUT2D eigenvalue weighted by atomic mass is 32.2. The van der Waals surface area contributed by atoms with Crippen LogP contribution in [0.15, 0.2) is 17.2 Å². The molecule has 0 aliphatic carbocycles. The van der Waals surface area contributed by atoms with Crippen molar-refractivity contribution in [2.45, 2.75) is 70.0 Å². The average molecular weight is 589 g/mol. The minimum Gasteiger partial charge on any atom is -0.365 e. The van der Waals surface area contributed by atoms with Crippen LogP contribution in [0.2, 0.25) is 0 Å². The van der Waals surface area contributed by atoms with E-state index in [9.17, 15) is 31.2 Å². The van der Waals surface area contributed by atoms with Gasteiger partial charge < -0.3 is 10.2 Å². The van der Waals surface area contributed by atoms with Gasteiger partial charge in [0.15, 0.2) is 21.4 Å². The molecule has 3 aromatic rings. The number of rotatable bonds is 8. The summed E-state index contributed by atoms with van der Waals surface area (Å²) in [5.74, 6) is -4.09. The van der Waals surface area contributed by atoms with Gasteiger partial charge in [-0.3, -0.25) is 4.40 Å². The van der Waals surface area contributed by atoms with Gasteiger partial charge in [-0.05, 0) is 25.8 Å². The van der Waals surface area contributed by atoms with Crippen molar-refractivity contribution in [1.82, 2.24) is 29.6 Å². The van der Waals surface area contributed by atoms with Crippen LogP contribution in [0, 0.1) is 17.2 Å². The van der Waals surface area contributed by atoms with Crippen LogP contribution >= 0.6 is 11.3 Å². The van der Waals surface area contributed by atoms with E-state index in [2.05, 4.69) is 25.2 Å². The third-order valence-electron chi connectivity index (χ3n) is 6.31. The standard InChI is InChI=1S/C23H28F4N8O2S2/c1-11(2)18(23(5,26)27)33-39(36,37)14-6-16(34-8-12(3)29-13(4)9-34)20-30-15(7-28)17(35(20)10-14)21-31-32-22(38-21)19(24)25/h6,10-13,18-19,29,33H,8-9H2,1-5H3/t12-,13-,18-/m0/s1. The molecule has 10 nitrogen and oxygen atoms in total. The fraction of sp³-hybridized carbons (Fsp3) is 0.565. The first-order chi connectivity index (χ1) is 18.1. The number of aromatic nitrogens is 4. The fourth-order valence-corrected chi connectivity index (χ4v) is 6.97. The van der Waals surface area contributed by atoms with Crippen molar-refractivity contribution in [2.24, 2.45) is 5.92 Å². The van der Waals surface area contributed by atoms with E-state index in [0.717, 1.165) is 6.20 Å². The van der Waals surface area contributed by atoms with E-state index < -0.39 is 39.3 Å². The van der Waals surface area contributed by atoms with Gasteiger partial charge in [-0.25, -0.2) is 35.7 Å². The van der Waals surface area contributed by atoms with Gasteiger partial charge in [0.1, 0.15) is 16.7 Å². The Bertz CT molecular complexity index is 1500. The zero-order valence-corrected chi connectivity index (χ0v) is 23.4. The van der Waals surface area contributed by atoms with E-state index in [0.29, 0.717) is 37.0 Å². The van der Waals surface area contributed by atoms with E-state index in [-0.39, 0.29) is 39.0 Å². The van der Waals surface area contributed by atoms with E-state index >= 15 is 0 Å². The van der Waals surface area contributed by atoms with Gasteiger partial charge in [-0.2, -0.15) is 5.26 Å². The van der Waals surface area contributed by atoms with Gasteiger partial charge in [-0.1, -0.05) is 25.2 Å². The summed E-state index contributed by atoms with van der Waals surface area (Å²) in [7, 11) is -4.53. The number of sulfonamides is 1. The van der Waals surface area contributed by atoms with Gasteiger partial charge in [0.05, 0.1) is 11.7 Å². The first-order valence-corrected chi connectivity index (χ1v) is 14.4. The molecule has 212 valence electrons. The molecule has 0 aromatic carbocycles. The smallest absolute Gasteiger partial charge is 0.291 e. The lowest BCUT2D eigenvalue weighted by Crippen LogP contribution is -2.54. The molecule has 0 bridgehead atoms. The van der Waals surface area contributed by atoms with Gasteiger partial charge in [0.2, 0.25) is 10.0 Å². The average Bonchev–Trinajstić information content (AvgIpc) is 3.45. The molecule has 0 radical (unpaired) electrons. The summed E-state index contributed by atoms with van der Waals surface area (Å²) in [6.45, 7) is 8.40. The van der Waals surface area contributed by atoms with E-state index in [1.807, 2.05) is 24.8 Å². The zero-order valence-electron chi connectivity index (χ0n) is 21.8. The lowest BCUT2D eigenvalue weighted by Gasteiger charge is -2.37. The predicted octanol–water partition coefficient (Wildman–Crippen LogP) is 3.81. The lowest BCUT2D eigenvalue weighted by atomic mass is 10.0. The van der Waals surface area contributed by atoms with E-state index in [4.69, 9.17) is 0 Å². The maximum atomic E-state index is 14.3. The van der Waals surface area contributed by atoms with Crippen LogP contribution in [0.25, 0.3) is 16.3 Å². The minimum absolute atomic E-state index is 0.0120. The number of hydrogen-bond donors (Lipinski definition) is 2. The predicted molar refractivity (Wildman–Crippen MR) is 138 cm³/mol. The molecular weight excluding hydrogens is 560 g/mol. The van der Waals surface area contributed by atoms with Crippen molar-refractivity contribution < 1.29 is 26.0 Å². The van der Waals surface area contributed by atoms with Crippen LogP contribution in [0.5, 0.6) is 0 Å². The van der Waals surface area contributed by atoms with Crippen LogP contribution < -0.4 is 14.9 Å². The highest BCUT2D eigenvalue weighted by Gasteiger charge is 2.40. The van der Waals surface area contributed by atoms with Crippen molar-refractivity contribution in [3.63, 3.8) is 0 Å². The monoisotopic (exact) mass is 588 g/mol. The number of piperazine rings is 1. The molecule has 1 fully saturated rings. The highest BCUT2D eigenvalue weighted by molar-refractivity contribution is 7.89. The summed E-state index contributed by atoms with van der Waals surface area (Å²) < 4.78 is 85.6. The Hall–Kier alpha value is -2.87. The molecule has 39 heavy (non-hydrogen) atoms. The third-order valence-corrected chi connectivity index (χ3v) is 8.66. The van der Waals surface area contributed by atoms with Crippen LogP contribution in [0.4, 0.5) is 23.2 Å². The van der Waals surface area contributed by atoms with Crippen molar-refractivity contribution in [1.29, 1.82) is 5.26 Å². The lowest BCUT2D eigenvalue weighted by molar-refractivity contribution is -0.0255. The first-order valence-electron chi connectivity index (χ1n) is 12.1. The topological polar surface area (TPSA) is 128 Å². The molecule has 4 heterocycles. The molecule has 1 aliphatic heterocycles. The largest absolute Gasteiger partial charge is 0.365 e. The van der Waals surface area contributed by atoms with Gasteiger partial charge in [0, 0.05) is 38.3 Å². The maximum absolute atomic E-state index is 14.3. The Balaban J connectivity index is 1.97. The SMILES string of the molecule is CC(C)[C@H](NS(=O)(=O)c1cc(N2C[C@H](C)N[C@@H](C)C2)c2nc(C#N)c(-c3nnc(C(F)F)s3)n2c1)C(C)(F)F. The number of pyridine rings is 1. The molecule has 2 N–H and O–H groups in total. The molecule has 3 aromatic heterocycles. The summed E-state index contributed by atoms with van der Waals surface area (Å²) in [5, 5.41) is 19.8. The normalized spacial score (nSPS) is 19.7. The second-order valence-electron chi connectivity index (χ2n) is 10.1. The quantitative estimate of drug-likeness (QED) is 0.381. The molecule has 1 saturated heterocycles. The Morgan fingerprint density at radius 3 is 2.38 bits per heavy atom. The molecule has 0 saturated carbocycles. The van der Waals surface area contributed by atoms with Crippen LogP contribution in [0.3, 0.4) is 0 Å². The Labute approximate surface area is 227 Å². The number of fused-ring (bicyclic) bond motifs is 1. The van der Waals surface area contributed by atoms with Gasteiger partial charge in [0.25, 0.3) is 12.3 Å². The molecule has 0 amide bonds. The molecule has 0 unspecified atom stereocenters. The molecule has 3 atom stereocenters. The van der Waals surface area contributed by atoms with Crippen molar-refractivity contribution in [2.75, 3.05) is 18.0 Å². The third kappa shape index (κ3) is 5.86. The highest BCUT2D eigenvalue weighted by Crippen LogP contribution is 2.36. The van der Waals surface area contributed by atoms with Crippen LogP contribution in [0.1, 0.15) is 51.7 Å². The number of anilines is 1. The number of nitrogens with zero attached hydrogens (tertiary/aromatic N) is 6. The van der Waals surface area contributed by atoms with Crippen LogP contribution in [-0.2, 0) is 10.0 Å². The molecule has 1 aliphatic rings. The van der Waals surface area contributed by atoms with E-state index in [1.54, 1.807) is 0 Å². The van der Waals surface area contributed by atoms with E-state index in [1.165, 1.54) is 24.3 Å². The summed E-state index contributed by atoms with van der Waals surface area (Å²) in [5.41, 5.74) is 0.334. The number of imidazole rings is 1. The number of nitrogens with one attached hydrogen (secondary N) is 2. The Morgan fingerprint density at radius 1 is 1.23 bits per heavy atom. The van der Waals surface area contributed by atoms with Gasteiger partial charge in [-0.15, -0.1) is 10.2 Å². The second kappa shape index (κ2) is 10.6. The summed E-state index contributed by atoms with van der Waals surface area (Å²) >= 11 is 0.545. The maximum Gasteiger partial charge on any atom is 0.291 e. The number of nitriles is 1. The fourth-order valence-electron chi connectivity index (χ4n) is 4.77. The second-order valence-corrected chi connectivity index (χ2v) is 12.8. The summed E-state index contributed by atoms with van der Waals surface area (Å²) in [4.78, 5) is 5.92. The number of alkyl halides is 4. The zero-order chi connectivity index (χ0) is 28.9. The minimum atomic E-state index is -4.53. The molecular formula is C23H28F4N8O2S2. The summed E-state index contributed by atoms with van der Waals surface area (Å²) in [6.07, 6.45) is -1.77. The van der Waals surface area contributed by atoms with Crippen LogP contribution in [-0.4, -0.2) is 65.1 Å². The van der Waals surface area contributed by atoms with Crippen molar-refractivity contribution >= 4 is 32.7 Å². The summed E-state index contributed by atoms with van der Waals surface area (Å²) in [6, 6.07) is 1.57.